The normalized spacial score (nSPS) is 16.6. The lowest BCUT2D eigenvalue weighted by Gasteiger charge is -2.42. The van der Waals surface area contributed by atoms with Gasteiger partial charge in [-0.1, -0.05) is 29.8 Å². The lowest BCUT2D eigenvalue weighted by molar-refractivity contribution is -0.0230. The van der Waals surface area contributed by atoms with E-state index in [4.69, 9.17) is 10.5 Å². The van der Waals surface area contributed by atoms with Gasteiger partial charge in [0.2, 0.25) is 0 Å². The van der Waals surface area contributed by atoms with Crippen molar-refractivity contribution < 1.29 is 4.74 Å². The van der Waals surface area contributed by atoms with E-state index in [1.54, 1.807) is 7.11 Å². The van der Waals surface area contributed by atoms with Crippen LogP contribution in [0.2, 0.25) is 0 Å². The van der Waals surface area contributed by atoms with Gasteiger partial charge in [-0.05, 0) is 33.4 Å². The molecule has 0 spiro atoms. The van der Waals surface area contributed by atoms with E-state index < -0.39 is 0 Å². The second-order valence-electron chi connectivity index (χ2n) is 5.28. The first-order valence-corrected chi connectivity index (χ1v) is 6.43. The number of hydrogen-bond acceptors (Lipinski definition) is 3. The molecule has 0 amide bonds. The average molecular weight is 250 g/mol. The van der Waals surface area contributed by atoms with Crippen LogP contribution in [0.25, 0.3) is 0 Å². The Morgan fingerprint density at radius 1 is 1.33 bits per heavy atom. The molecule has 2 atom stereocenters. The van der Waals surface area contributed by atoms with Gasteiger partial charge >= 0.3 is 0 Å². The fourth-order valence-electron chi connectivity index (χ4n) is 2.03. The van der Waals surface area contributed by atoms with Crippen LogP contribution in [0, 0.1) is 6.92 Å². The summed E-state index contributed by atoms with van der Waals surface area (Å²) in [4.78, 5) is 2.27. The predicted molar refractivity (Wildman–Crippen MR) is 76.6 cm³/mol. The Morgan fingerprint density at radius 2 is 1.89 bits per heavy atom. The van der Waals surface area contributed by atoms with Crippen molar-refractivity contribution in [3.05, 3.63) is 35.4 Å². The number of methoxy groups -OCH3 is 1. The van der Waals surface area contributed by atoms with Crippen molar-refractivity contribution in [2.75, 3.05) is 20.7 Å². The Bertz CT molecular complexity index is 363. The highest BCUT2D eigenvalue weighted by Crippen LogP contribution is 2.21. The number of hydrogen-bond donors (Lipinski definition) is 1. The van der Waals surface area contributed by atoms with E-state index in [1.807, 2.05) is 0 Å². The van der Waals surface area contributed by atoms with Crippen molar-refractivity contribution in [1.82, 2.24) is 4.90 Å². The number of aryl methyl sites for hydroxylation is 1. The lowest BCUT2D eigenvalue weighted by Crippen LogP contribution is -2.57. The van der Waals surface area contributed by atoms with Gasteiger partial charge in [0.1, 0.15) is 0 Å². The number of rotatable bonds is 6. The van der Waals surface area contributed by atoms with Crippen LogP contribution in [-0.2, 0) is 11.3 Å². The van der Waals surface area contributed by atoms with E-state index in [0.29, 0.717) is 6.54 Å². The zero-order valence-corrected chi connectivity index (χ0v) is 12.2. The minimum atomic E-state index is -0.153. The van der Waals surface area contributed by atoms with Crippen LogP contribution in [0.15, 0.2) is 24.3 Å². The van der Waals surface area contributed by atoms with Gasteiger partial charge in [-0.3, -0.25) is 4.90 Å². The van der Waals surface area contributed by atoms with E-state index in [2.05, 4.69) is 57.0 Å². The van der Waals surface area contributed by atoms with Crippen molar-refractivity contribution in [1.29, 1.82) is 0 Å². The lowest BCUT2D eigenvalue weighted by atomic mass is 9.93. The molecule has 0 fully saturated rings. The van der Waals surface area contributed by atoms with Crippen molar-refractivity contribution in [3.8, 4) is 0 Å². The second-order valence-corrected chi connectivity index (χ2v) is 5.28. The first-order chi connectivity index (χ1) is 8.43. The van der Waals surface area contributed by atoms with Crippen molar-refractivity contribution in [2.45, 2.75) is 39.0 Å². The summed E-state index contributed by atoms with van der Waals surface area (Å²) in [6, 6.07) is 8.62. The third-order valence-corrected chi connectivity index (χ3v) is 4.05. The summed E-state index contributed by atoms with van der Waals surface area (Å²) < 4.78 is 5.46. The number of nitrogens with zero attached hydrogens (tertiary/aromatic N) is 1. The Hall–Kier alpha value is -0.900. The fraction of sp³-hybridized carbons (Fsp3) is 0.600. The molecule has 0 aromatic heterocycles. The van der Waals surface area contributed by atoms with Crippen LogP contribution in [0.1, 0.15) is 25.0 Å². The fourth-order valence-corrected chi connectivity index (χ4v) is 2.03. The van der Waals surface area contributed by atoms with Crippen LogP contribution < -0.4 is 5.73 Å². The van der Waals surface area contributed by atoms with Gasteiger partial charge in [-0.25, -0.2) is 0 Å². The Morgan fingerprint density at radius 3 is 2.33 bits per heavy atom. The van der Waals surface area contributed by atoms with Crippen LogP contribution in [0.4, 0.5) is 0 Å². The van der Waals surface area contributed by atoms with E-state index >= 15 is 0 Å². The van der Waals surface area contributed by atoms with Gasteiger partial charge in [0.05, 0.1) is 11.6 Å². The molecule has 18 heavy (non-hydrogen) atoms. The minimum Gasteiger partial charge on any atom is -0.380 e. The maximum Gasteiger partial charge on any atom is 0.0736 e. The molecule has 0 saturated heterocycles. The van der Waals surface area contributed by atoms with Crippen molar-refractivity contribution in [2.24, 2.45) is 5.73 Å². The summed E-state index contributed by atoms with van der Waals surface area (Å²) in [5, 5.41) is 0. The quantitative estimate of drug-likeness (QED) is 0.841. The zero-order chi connectivity index (χ0) is 13.8. The molecule has 2 unspecified atom stereocenters. The van der Waals surface area contributed by atoms with Gasteiger partial charge < -0.3 is 10.5 Å². The summed E-state index contributed by atoms with van der Waals surface area (Å²) in [6.45, 7) is 7.77. The van der Waals surface area contributed by atoms with Crippen LogP contribution >= 0.6 is 0 Å². The second kappa shape index (κ2) is 6.32. The molecule has 0 aliphatic carbocycles. The number of ether oxygens (including phenoxy) is 1. The molecular weight excluding hydrogens is 224 g/mol. The third-order valence-electron chi connectivity index (χ3n) is 4.05. The molecule has 0 bridgehead atoms. The zero-order valence-electron chi connectivity index (χ0n) is 12.2. The molecule has 3 heteroatoms. The molecular formula is C15H26N2O. The topological polar surface area (TPSA) is 38.5 Å². The molecule has 3 nitrogen and oxygen atoms in total. The molecule has 0 aliphatic heterocycles. The molecule has 0 radical (unpaired) electrons. The maximum atomic E-state index is 5.94. The highest BCUT2D eigenvalue weighted by atomic mass is 16.5. The molecule has 1 aromatic rings. The van der Waals surface area contributed by atoms with Crippen LogP contribution in [-0.4, -0.2) is 37.2 Å². The van der Waals surface area contributed by atoms with E-state index in [1.165, 1.54) is 11.1 Å². The predicted octanol–water partition coefficient (Wildman–Crippen LogP) is 2.18. The van der Waals surface area contributed by atoms with E-state index in [-0.39, 0.29) is 11.6 Å². The van der Waals surface area contributed by atoms with Crippen molar-refractivity contribution in [3.63, 3.8) is 0 Å². The molecule has 1 aromatic carbocycles. The van der Waals surface area contributed by atoms with Gasteiger partial charge in [0.25, 0.3) is 0 Å². The monoisotopic (exact) mass is 250 g/mol. The molecule has 2 N–H and O–H groups in total. The Labute approximate surface area is 111 Å². The van der Waals surface area contributed by atoms with Crippen LogP contribution in [0.5, 0.6) is 0 Å². The Balaban J connectivity index is 2.79. The standard InChI is InChI=1S/C15H26N2O/c1-12-6-8-14(9-7-12)10-17(4)15(3,11-16)13(2)18-5/h6-9,13H,10-11,16H2,1-5H3. The number of likely N-dealkylation sites (N-methyl/N-ethyl adjacent to an activating group) is 1. The van der Waals surface area contributed by atoms with E-state index in [9.17, 15) is 0 Å². The summed E-state index contributed by atoms with van der Waals surface area (Å²) >= 11 is 0. The average Bonchev–Trinajstić information content (AvgIpc) is 2.39. The van der Waals surface area contributed by atoms with Crippen LogP contribution in [0.3, 0.4) is 0 Å². The largest absolute Gasteiger partial charge is 0.380 e. The molecule has 1 rings (SSSR count). The number of nitrogens with two attached hydrogens (primary N) is 1. The molecule has 102 valence electrons. The summed E-state index contributed by atoms with van der Waals surface area (Å²) in [7, 11) is 3.83. The smallest absolute Gasteiger partial charge is 0.0736 e. The van der Waals surface area contributed by atoms with Gasteiger partial charge in [-0.15, -0.1) is 0 Å². The molecule has 0 heterocycles. The summed E-state index contributed by atoms with van der Waals surface area (Å²) in [5.74, 6) is 0. The first kappa shape index (κ1) is 15.2. The summed E-state index contributed by atoms with van der Waals surface area (Å²) in [6.07, 6.45) is 0.0953. The Kier molecular flexibility index (Phi) is 5.32. The maximum absolute atomic E-state index is 5.94. The first-order valence-electron chi connectivity index (χ1n) is 6.43. The molecule has 0 aliphatic rings. The minimum absolute atomic E-state index is 0.0953. The number of benzene rings is 1. The highest BCUT2D eigenvalue weighted by Gasteiger charge is 2.34. The third kappa shape index (κ3) is 3.31. The van der Waals surface area contributed by atoms with Crippen molar-refractivity contribution >= 4 is 0 Å². The summed E-state index contributed by atoms with van der Waals surface area (Å²) in [5.41, 5.74) is 8.37. The molecule has 0 saturated carbocycles. The highest BCUT2D eigenvalue weighted by molar-refractivity contribution is 5.21. The SMILES string of the molecule is COC(C)C(C)(CN)N(C)Cc1ccc(C)cc1. The van der Waals surface area contributed by atoms with Gasteiger partial charge in [0, 0.05) is 20.2 Å². The van der Waals surface area contributed by atoms with Gasteiger partial charge in [0.15, 0.2) is 0 Å². The van der Waals surface area contributed by atoms with E-state index in [0.717, 1.165) is 6.54 Å². The van der Waals surface area contributed by atoms with Gasteiger partial charge in [-0.2, -0.15) is 0 Å².